The summed E-state index contributed by atoms with van der Waals surface area (Å²) in [6.07, 6.45) is 1.69. The van der Waals surface area contributed by atoms with Gasteiger partial charge < -0.3 is 4.74 Å². The van der Waals surface area contributed by atoms with Crippen LogP contribution < -0.4 is 4.74 Å². The molecule has 0 aromatic heterocycles. The number of hydrogen-bond acceptors (Lipinski definition) is 2. The van der Waals surface area contributed by atoms with Crippen LogP contribution >= 0.6 is 23.2 Å². The average Bonchev–Trinajstić information content (AvgIpc) is 3.31. The summed E-state index contributed by atoms with van der Waals surface area (Å²) in [4.78, 5) is 12.9. The molecule has 0 unspecified atom stereocenters. The second kappa shape index (κ2) is 5.36. The van der Waals surface area contributed by atoms with Crippen molar-refractivity contribution >= 4 is 29.0 Å². The summed E-state index contributed by atoms with van der Waals surface area (Å²) < 4.78 is 5.12. The molecule has 0 N–H and O–H groups in total. The van der Waals surface area contributed by atoms with Crippen molar-refractivity contribution in [2.45, 2.75) is 18.3 Å². The quantitative estimate of drug-likeness (QED) is 0.747. The van der Waals surface area contributed by atoms with E-state index in [1.54, 1.807) is 12.1 Å². The van der Waals surface area contributed by atoms with Gasteiger partial charge in [-0.15, -0.1) is 0 Å². The van der Waals surface area contributed by atoms with Crippen LogP contribution in [0.2, 0.25) is 10.0 Å². The third kappa shape index (κ3) is 2.43. The van der Waals surface area contributed by atoms with Crippen LogP contribution in [0, 0.1) is 0 Å². The van der Waals surface area contributed by atoms with Crippen molar-refractivity contribution in [3.05, 3.63) is 63.6 Å². The van der Waals surface area contributed by atoms with Crippen LogP contribution in [0.5, 0.6) is 5.75 Å². The molecule has 0 spiro atoms. The van der Waals surface area contributed by atoms with Gasteiger partial charge in [0.05, 0.1) is 22.6 Å². The smallest absolute Gasteiger partial charge is 0.174 e. The third-order valence-electron chi connectivity index (χ3n) is 4.00. The van der Waals surface area contributed by atoms with Crippen molar-refractivity contribution < 1.29 is 9.53 Å². The highest BCUT2D eigenvalue weighted by Crippen LogP contribution is 2.51. The monoisotopic (exact) mass is 320 g/mol. The fourth-order valence-electron chi connectivity index (χ4n) is 2.65. The fourth-order valence-corrected chi connectivity index (χ4v) is 3.13. The lowest BCUT2D eigenvalue weighted by molar-refractivity contribution is 0.0946. The maximum atomic E-state index is 12.9. The number of methoxy groups -OCH3 is 1. The van der Waals surface area contributed by atoms with Crippen LogP contribution in [-0.4, -0.2) is 12.9 Å². The first-order valence-electron chi connectivity index (χ1n) is 6.72. The molecule has 0 amide bonds. The summed E-state index contributed by atoms with van der Waals surface area (Å²) in [5.41, 5.74) is 1.06. The van der Waals surface area contributed by atoms with Gasteiger partial charge in [-0.3, -0.25) is 4.79 Å². The summed E-state index contributed by atoms with van der Waals surface area (Å²) in [6, 6.07) is 13.0. The van der Waals surface area contributed by atoms with Crippen LogP contribution in [-0.2, 0) is 5.41 Å². The van der Waals surface area contributed by atoms with Crippen molar-refractivity contribution in [2.75, 3.05) is 7.11 Å². The zero-order chi connectivity index (χ0) is 15.0. The van der Waals surface area contributed by atoms with Crippen LogP contribution in [0.4, 0.5) is 0 Å². The van der Waals surface area contributed by atoms with Crippen LogP contribution in [0.3, 0.4) is 0 Å². The van der Waals surface area contributed by atoms with E-state index in [2.05, 4.69) is 0 Å². The lowest BCUT2D eigenvalue weighted by Crippen LogP contribution is -2.21. The van der Waals surface area contributed by atoms with E-state index in [0.717, 1.165) is 18.4 Å². The number of halogens is 2. The lowest BCUT2D eigenvalue weighted by Gasteiger charge is -2.16. The third-order valence-corrected chi connectivity index (χ3v) is 4.61. The maximum absolute atomic E-state index is 12.9. The Kier molecular flexibility index (Phi) is 3.68. The van der Waals surface area contributed by atoms with Gasteiger partial charge in [-0.25, -0.2) is 0 Å². The Morgan fingerprint density at radius 2 is 1.76 bits per heavy atom. The first-order chi connectivity index (χ1) is 10.1. The molecule has 1 fully saturated rings. The molecule has 0 radical (unpaired) electrons. The molecular formula is C17H14Cl2O2. The van der Waals surface area contributed by atoms with E-state index in [9.17, 15) is 4.79 Å². The Bertz CT molecular complexity index is 691. The molecule has 1 saturated carbocycles. The summed E-state index contributed by atoms with van der Waals surface area (Å²) in [5, 5.41) is 0.776. The first-order valence-corrected chi connectivity index (χ1v) is 7.47. The molecule has 2 nitrogen and oxygen atoms in total. The van der Waals surface area contributed by atoms with Crippen molar-refractivity contribution in [3.8, 4) is 5.75 Å². The predicted octanol–water partition coefficient (Wildman–Crippen LogP) is 4.92. The highest BCUT2D eigenvalue weighted by atomic mass is 35.5. The normalized spacial score (nSPS) is 15.6. The molecule has 21 heavy (non-hydrogen) atoms. The highest BCUT2D eigenvalue weighted by Gasteiger charge is 2.51. The zero-order valence-electron chi connectivity index (χ0n) is 11.5. The summed E-state index contributed by atoms with van der Waals surface area (Å²) >= 11 is 12.4. The number of rotatable bonds is 4. The molecule has 0 atom stereocenters. The van der Waals surface area contributed by atoms with Gasteiger partial charge in [0.1, 0.15) is 5.75 Å². The SMILES string of the molecule is COc1cc(Cl)c(C(=O)C2(c3ccccc3)CC2)cc1Cl. The van der Waals surface area contributed by atoms with Gasteiger partial charge in [0, 0.05) is 11.6 Å². The largest absolute Gasteiger partial charge is 0.495 e. The second-order valence-electron chi connectivity index (χ2n) is 5.24. The Morgan fingerprint density at radius 1 is 1.10 bits per heavy atom. The zero-order valence-corrected chi connectivity index (χ0v) is 13.0. The van der Waals surface area contributed by atoms with E-state index in [4.69, 9.17) is 27.9 Å². The molecule has 4 heteroatoms. The molecular weight excluding hydrogens is 307 g/mol. The van der Waals surface area contributed by atoms with E-state index >= 15 is 0 Å². The molecule has 108 valence electrons. The minimum absolute atomic E-state index is 0.0308. The Hall–Kier alpha value is -1.51. The molecule has 0 aliphatic heterocycles. The van der Waals surface area contributed by atoms with Gasteiger partial charge in [-0.1, -0.05) is 53.5 Å². The Balaban J connectivity index is 2.02. The number of carbonyl (C=O) groups is 1. The number of ketones is 1. The number of carbonyl (C=O) groups excluding carboxylic acids is 1. The molecule has 0 saturated heterocycles. The lowest BCUT2D eigenvalue weighted by atomic mass is 9.87. The van der Waals surface area contributed by atoms with Gasteiger partial charge in [-0.2, -0.15) is 0 Å². The molecule has 2 aromatic carbocycles. The first kappa shape index (κ1) is 14.4. The molecule has 0 heterocycles. The van der Waals surface area contributed by atoms with Crippen molar-refractivity contribution in [2.24, 2.45) is 0 Å². The molecule has 0 bridgehead atoms. The Morgan fingerprint density at radius 3 is 2.33 bits per heavy atom. The van der Waals surface area contributed by atoms with Gasteiger partial charge >= 0.3 is 0 Å². The van der Waals surface area contributed by atoms with Crippen molar-refractivity contribution in [3.63, 3.8) is 0 Å². The summed E-state index contributed by atoms with van der Waals surface area (Å²) in [7, 11) is 1.52. The fraction of sp³-hybridized carbons (Fsp3) is 0.235. The summed E-state index contributed by atoms with van der Waals surface area (Å²) in [5.74, 6) is 0.506. The van der Waals surface area contributed by atoms with Crippen LogP contribution in [0.1, 0.15) is 28.8 Å². The molecule has 1 aliphatic rings. The van der Waals surface area contributed by atoms with E-state index in [1.165, 1.54) is 7.11 Å². The number of ether oxygens (including phenoxy) is 1. The minimum Gasteiger partial charge on any atom is -0.495 e. The van der Waals surface area contributed by atoms with E-state index in [1.807, 2.05) is 30.3 Å². The van der Waals surface area contributed by atoms with Gasteiger partial charge in [-0.05, 0) is 24.5 Å². The summed E-state index contributed by atoms with van der Waals surface area (Å²) in [6.45, 7) is 0. The molecule has 2 aromatic rings. The molecule has 1 aliphatic carbocycles. The van der Waals surface area contributed by atoms with Gasteiger partial charge in [0.2, 0.25) is 0 Å². The van der Waals surface area contributed by atoms with E-state index < -0.39 is 5.41 Å². The minimum atomic E-state index is -0.442. The standard InChI is InChI=1S/C17H14Cl2O2/c1-21-15-10-13(18)12(9-14(15)19)16(20)17(7-8-17)11-5-3-2-4-6-11/h2-6,9-10H,7-8H2,1H3. The maximum Gasteiger partial charge on any atom is 0.174 e. The van der Waals surface area contributed by atoms with E-state index in [0.29, 0.717) is 21.4 Å². The number of benzene rings is 2. The number of hydrogen-bond donors (Lipinski definition) is 0. The number of Topliss-reactive ketones (excluding diaryl/α,β-unsaturated/α-hetero) is 1. The Labute approximate surface area is 133 Å². The van der Waals surface area contributed by atoms with Crippen molar-refractivity contribution in [1.29, 1.82) is 0 Å². The van der Waals surface area contributed by atoms with Gasteiger partial charge in [0.25, 0.3) is 0 Å². The van der Waals surface area contributed by atoms with Crippen LogP contribution in [0.15, 0.2) is 42.5 Å². The average molecular weight is 321 g/mol. The predicted molar refractivity (Wildman–Crippen MR) is 84.7 cm³/mol. The van der Waals surface area contributed by atoms with E-state index in [-0.39, 0.29) is 5.78 Å². The topological polar surface area (TPSA) is 26.3 Å². The highest BCUT2D eigenvalue weighted by molar-refractivity contribution is 6.37. The second-order valence-corrected chi connectivity index (χ2v) is 6.06. The van der Waals surface area contributed by atoms with Crippen LogP contribution in [0.25, 0.3) is 0 Å². The molecule has 3 rings (SSSR count). The van der Waals surface area contributed by atoms with Crippen molar-refractivity contribution in [1.82, 2.24) is 0 Å². The van der Waals surface area contributed by atoms with Gasteiger partial charge in [0.15, 0.2) is 5.78 Å².